The Kier molecular flexibility index (Phi) is 12.9. The third-order valence-electron chi connectivity index (χ3n) is 10.5. The van der Waals surface area contributed by atoms with Crippen molar-refractivity contribution in [1.29, 1.82) is 0 Å². The lowest BCUT2D eigenvalue weighted by atomic mass is 9.52. The van der Waals surface area contributed by atoms with Crippen molar-refractivity contribution in [3.63, 3.8) is 0 Å². The summed E-state index contributed by atoms with van der Waals surface area (Å²) in [6.45, 7) is 7.52. The highest BCUT2D eigenvalue weighted by Gasteiger charge is 2.56. The summed E-state index contributed by atoms with van der Waals surface area (Å²) in [6.07, 6.45) is 8.80. The molecule has 44 heavy (non-hydrogen) atoms. The predicted molar refractivity (Wildman–Crippen MR) is 171 cm³/mol. The summed E-state index contributed by atoms with van der Waals surface area (Å²) in [6, 6.07) is 16.8. The van der Waals surface area contributed by atoms with Gasteiger partial charge in [-0.25, -0.2) is 0 Å². The summed E-state index contributed by atoms with van der Waals surface area (Å²) in [5, 5.41) is 11.0. The fourth-order valence-corrected chi connectivity index (χ4v) is 8.27. The van der Waals surface area contributed by atoms with Crippen LogP contribution in [0.5, 0.6) is 5.75 Å². The van der Waals surface area contributed by atoms with Gasteiger partial charge < -0.3 is 33.5 Å². The molecular formula is C37H54O7. The average Bonchev–Trinajstić information content (AvgIpc) is 3.35. The first-order valence-corrected chi connectivity index (χ1v) is 16.9. The first-order valence-electron chi connectivity index (χ1n) is 16.9. The van der Waals surface area contributed by atoms with Crippen LogP contribution in [0.4, 0.5) is 0 Å². The van der Waals surface area contributed by atoms with Crippen molar-refractivity contribution < 1.29 is 33.5 Å². The van der Waals surface area contributed by atoms with Crippen LogP contribution in [0.25, 0.3) is 0 Å². The topological polar surface area (TPSA) is 75.6 Å². The molecule has 0 aliphatic heterocycles. The van der Waals surface area contributed by atoms with Gasteiger partial charge in [-0.05, 0) is 103 Å². The number of methoxy groups -OCH3 is 1. The van der Waals surface area contributed by atoms with Gasteiger partial charge in [-0.3, -0.25) is 0 Å². The Morgan fingerprint density at radius 1 is 0.818 bits per heavy atom. The van der Waals surface area contributed by atoms with Crippen LogP contribution in [0.3, 0.4) is 0 Å². The van der Waals surface area contributed by atoms with Crippen LogP contribution in [0.2, 0.25) is 0 Å². The Morgan fingerprint density at radius 3 is 2.30 bits per heavy atom. The third kappa shape index (κ3) is 8.62. The first kappa shape index (κ1) is 33.4. The Bertz CT molecular complexity index is 1110. The van der Waals surface area contributed by atoms with Crippen molar-refractivity contribution in [3.05, 3.63) is 65.2 Å². The molecule has 244 valence electrons. The summed E-state index contributed by atoms with van der Waals surface area (Å²) in [7, 11) is 1.66. The molecule has 3 aliphatic rings. The van der Waals surface area contributed by atoms with Crippen LogP contribution in [-0.4, -0.2) is 71.4 Å². The maximum atomic E-state index is 11.0. The van der Waals surface area contributed by atoms with E-state index in [-0.39, 0.29) is 18.3 Å². The van der Waals surface area contributed by atoms with E-state index in [1.165, 1.54) is 29.5 Å². The van der Waals surface area contributed by atoms with E-state index >= 15 is 0 Å². The maximum absolute atomic E-state index is 11.0. The lowest BCUT2D eigenvalue weighted by molar-refractivity contribution is -0.0399. The molecule has 3 aliphatic carbocycles. The van der Waals surface area contributed by atoms with E-state index in [0.717, 1.165) is 50.9 Å². The molecule has 0 unspecified atom stereocenters. The summed E-state index contributed by atoms with van der Waals surface area (Å²) in [5.41, 5.74) is 4.21. The van der Waals surface area contributed by atoms with Crippen LogP contribution in [0.15, 0.2) is 48.5 Å². The fraction of sp³-hybridized carbons (Fsp3) is 0.676. The standard InChI is InChI=1S/C37H54O7/c1-37-16-15-33-32-12-11-31(44-27-39-2)25-30(32)24-29(36(33)34(37)13-14-35(37)38)10-6-7-17-40-18-19-41-20-21-42-22-23-43-26-28-8-4-3-5-9-28/h3-5,8-9,11-12,25,29,33-36,38H,6-7,10,13-24,26-27H2,1-2H3/t29-,33-,34+,35+,36-,37+/m1/s1. The minimum absolute atomic E-state index is 0.0722. The highest BCUT2D eigenvalue weighted by Crippen LogP contribution is 2.62. The van der Waals surface area contributed by atoms with Crippen molar-refractivity contribution >= 4 is 0 Å². The van der Waals surface area contributed by atoms with Crippen molar-refractivity contribution in [2.75, 3.05) is 60.2 Å². The second-order valence-corrected chi connectivity index (χ2v) is 13.2. The van der Waals surface area contributed by atoms with Gasteiger partial charge in [0.15, 0.2) is 6.79 Å². The van der Waals surface area contributed by atoms with E-state index in [1.54, 1.807) is 7.11 Å². The van der Waals surface area contributed by atoms with Crippen LogP contribution in [0.1, 0.15) is 74.5 Å². The summed E-state index contributed by atoms with van der Waals surface area (Å²) < 4.78 is 33.7. The SMILES string of the molecule is COCOc1ccc2c(c1)C[C@@H](CCCCOCCOCCOCCOCc1ccccc1)[C@@H]1[C@@H]2CC[C@]2(C)[C@@H](O)CC[C@@H]12. The molecule has 5 rings (SSSR count). The number of benzene rings is 2. The van der Waals surface area contributed by atoms with E-state index in [0.29, 0.717) is 69.9 Å². The largest absolute Gasteiger partial charge is 0.468 e. The van der Waals surface area contributed by atoms with Crippen LogP contribution in [0, 0.1) is 23.2 Å². The van der Waals surface area contributed by atoms with Gasteiger partial charge >= 0.3 is 0 Å². The minimum Gasteiger partial charge on any atom is -0.468 e. The van der Waals surface area contributed by atoms with E-state index in [9.17, 15) is 5.11 Å². The second kappa shape index (κ2) is 17.1. The normalized spacial score (nSPS) is 27.5. The minimum atomic E-state index is -0.151. The smallest absolute Gasteiger partial charge is 0.188 e. The van der Waals surface area contributed by atoms with Gasteiger partial charge in [-0.1, -0.05) is 49.7 Å². The van der Waals surface area contributed by atoms with Crippen molar-refractivity contribution in [3.8, 4) is 5.75 Å². The fourth-order valence-electron chi connectivity index (χ4n) is 8.27. The van der Waals surface area contributed by atoms with E-state index in [2.05, 4.69) is 37.3 Å². The zero-order valence-corrected chi connectivity index (χ0v) is 26.9. The molecule has 6 atom stereocenters. The molecule has 0 amide bonds. The molecule has 2 fully saturated rings. The number of fused-ring (bicyclic) bond motifs is 5. The molecule has 0 bridgehead atoms. The van der Waals surface area contributed by atoms with Crippen LogP contribution in [-0.2, 0) is 36.7 Å². The van der Waals surface area contributed by atoms with Gasteiger partial charge in [0, 0.05) is 13.7 Å². The van der Waals surface area contributed by atoms with Gasteiger partial charge in [0.1, 0.15) is 5.75 Å². The van der Waals surface area contributed by atoms with Crippen LogP contribution < -0.4 is 4.74 Å². The van der Waals surface area contributed by atoms with Gasteiger partial charge in [0.05, 0.1) is 52.4 Å². The molecule has 7 heteroatoms. The molecule has 0 saturated heterocycles. The zero-order valence-electron chi connectivity index (χ0n) is 26.9. The van der Waals surface area contributed by atoms with Crippen LogP contribution >= 0.6 is 0 Å². The molecular weight excluding hydrogens is 556 g/mol. The third-order valence-corrected chi connectivity index (χ3v) is 10.5. The number of unbranched alkanes of at least 4 members (excludes halogenated alkanes) is 1. The maximum Gasteiger partial charge on any atom is 0.188 e. The average molecular weight is 611 g/mol. The Balaban J connectivity index is 0.981. The molecule has 0 spiro atoms. The molecule has 2 saturated carbocycles. The Labute approximate surface area is 264 Å². The molecule has 0 radical (unpaired) electrons. The molecule has 2 aromatic rings. The van der Waals surface area contributed by atoms with E-state index in [1.807, 2.05) is 18.2 Å². The van der Waals surface area contributed by atoms with Crippen molar-refractivity contribution in [1.82, 2.24) is 0 Å². The van der Waals surface area contributed by atoms with Gasteiger partial charge in [0.2, 0.25) is 0 Å². The van der Waals surface area contributed by atoms with Gasteiger partial charge in [-0.2, -0.15) is 0 Å². The highest BCUT2D eigenvalue weighted by molar-refractivity contribution is 5.41. The number of rotatable bonds is 19. The second-order valence-electron chi connectivity index (χ2n) is 13.2. The summed E-state index contributed by atoms with van der Waals surface area (Å²) in [4.78, 5) is 0. The van der Waals surface area contributed by atoms with Gasteiger partial charge in [-0.15, -0.1) is 0 Å². The summed E-state index contributed by atoms with van der Waals surface area (Å²) >= 11 is 0. The lowest BCUT2D eigenvalue weighted by Crippen LogP contribution is -2.47. The number of aliphatic hydroxyl groups excluding tert-OH is 1. The van der Waals surface area contributed by atoms with Gasteiger partial charge in [0.25, 0.3) is 0 Å². The predicted octanol–water partition coefficient (Wildman–Crippen LogP) is 6.55. The first-order chi connectivity index (χ1) is 21.6. The molecule has 1 N–H and O–H groups in total. The monoisotopic (exact) mass is 610 g/mol. The number of hydrogen-bond donors (Lipinski definition) is 1. The molecule has 0 aromatic heterocycles. The zero-order chi connectivity index (χ0) is 30.6. The Morgan fingerprint density at radius 2 is 1.55 bits per heavy atom. The lowest BCUT2D eigenvalue weighted by Gasteiger charge is -2.53. The van der Waals surface area contributed by atoms with Crippen molar-refractivity contribution in [2.24, 2.45) is 23.2 Å². The molecule has 2 aromatic carbocycles. The number of ether oxygens (including phenoxy) is 6. The van der Waals surface area contributed by atoms with E-state index < -0.39 is 0 Å². The van der Waals surface area contributed by atoms with Crippen molar-refractivity contribution in [2.45, 2.75) is 76.9 Å². The molecule has 7 nitrogen and oxygen atoms in total. The number of hydrogen-bond acceptors (Lipinski definition) is 7. The summed E-state index contributed by atoms with van der Waals surface area (Å²) in [5.74, 6) is 3.37. The van der Waals surface area contributed by atoms with E-state index in [4.69, 9.17) is 28.4 Å². The highest BCUT2D eigenvalue weighted by atomic mass is 16.7. The number of aliphatic hydroxyl groups is 1. The quantitative estimate of drug-likeness (QED) is 0.143. The Hall–Kier alpha value is -2.00. The molecule has 0 heterocycles.